The number of carboxylic acid groups (broad SMARTS) is 1. The molecule has 0 aliphatic rings. The number of halogens is 1. The maximum atomic E-state index is 11.0. The number of alkyl halides is 1. The summed E-state index contributed by atoms with van der Waals surface area (Å²) < 4.78 is 0. The molecule has 0 aliphatic carbocycles. The van der Waals surface area contributed by atoms with Crippen LogP contribution >= 0.6 is 11.6 Å². The molecule has 0 heterocycles. The third-order valence-corrected chi connectivity index (χ3v) is 4.64. The number of unbranched alkanes of at least 4 members (excludes halogenated alkanes) is 3. The molecule has 148 valence electrons. The Labute approximate surface area is 159 Å². The van der Waals surface area contributed by atoms with Gasteiger partial charge in [0.1, 0.15) is 6.23 Å². The number of carboxylic acids is 1. The van der Waals surface area contributed by atoms with Gasteiger partial charge in [-0.05, 0) is 47.0 Å². The van der Waals surface area contributed by atoms with E-state index in [1.54, 1.807) is 0 Å². The fourth-order valence-electron chi connectivity index (χ4n) is 3.15. The van der Waals surface area contributed by atoms with Crippen LogP contribution in [0.4, 0.5) is 0 Å². The highest BCUT2D eigenvalue weighted by atomic mass is 35.5. The summed E-state index contributed by atoms with van der Waals surface area (Å²) in [6.07, 6.45) is 7.33. The number of aliphatic hydroxyl groups excluding tert-OH is 1. The maximum Gasteiger partial charge on any atom is 0.303 e. The van der Waals surface area contributed by atoms with E-state index in [1.807, 2.05) is 20.8 Å². The van der Waals surface area contributed by atoms with Gasteiger partial charge in [-0.2, -0.15) is 0 Å². The van der Waals surface area contributed by atoms with Gasteiger partial charge >= 0.3 is 5.97 Å². The summed E-state index contributed by atoms with van der Waals surface area (Å²) in [6, 6.07) is 0. The van der Waals surface area contributed by atoms with Gasteiger partial charge in [0.05, 0.1) is 4.87 Å². The first-order valence-electron chi connectivity index (χ1n) is 9.58. The number of aliphatic hydroxyl groups is 1. The van der Waals surface area contributed by atoms with Crippen LogP contribution in [0, 0.1) is 5.92 Å². The minimum Gasteiger partial charge on any atom is -0.481 e. The van der Waals surface area contributed by atoms with Crippen molar-refractivity contribution in [1.29, 1.82) is 0 Å². The van der Waals surface area contributed by atoms with Crippen LogP contribution in [0.3, 0.4) is 0 Å². The molecule has 0 amide bonds. The minimum absolute atomic E-state index is 0.0926. The Kier molecular flexibility index (Phi) is 12.4. The maximum absolute atomic E-state index is 11.0. The summed E-state index contributed by atoms with van der Waals surface area (Å²) in [5, 5.41) is 19.7. The molecule has 0 aromatic rings. The first kappa shape index (κ1) is 24.4. The molecular formula is C20H38ClNO3. The van der Waals surface area contributed by atoms with E-state index in [9.17, 15) is 9.90 Å². The van der Waals surface area contributed by atoms with Gasteiger partial charge in [0, 0.05) is 25.4 Å². The average molecular weight is 376 g/mol. The summed E-state index contributed by atoms with van der Waals surface area (Å²) in [5.41, 5.74) is 1.20. The summed E-state index contributed by atoms with van der Waals surface area (Å²) in [6.45, 7) is 11.6. The van der Waals surface area contributed by atoms with Crippen molar-refractivity contribution >= 4 is 17.6 Å². The van der Waals surface area contributed by atoms with E-state index in [1.165, 1.54) is 5.57 Å². The van der Waals surface area contributed by atoms with Gasteiger partial charge in [0.25, 0.3) is 0 Å². The van der Waals surface area contributed by atoms with Gasteiger partial charge in [-0.25, -0.2) is 0 Å². The fraction of sp³-hybridized carbons (Fsp3) is 0.850. The first-order chi connectivity index (χ1) is 11.6. The second kappa shape index (κ2) is 12.7. The summed E-state index contributed by atoms with van der Waals surface area (Å²) in [4.78, 5) is 12.3. The van der Waals surface area contributed by atoms with Gasteiger partial charge in [0.2, 0.25) is 0 Å². The molecule has 0 aliphatic heterocycles. The molecule has 0 bridgehead atoms. The van der Waals surface area contributed by atoms with E-state index in [0.717, 1.165) is 45.1 Å². The van der Waals surface area contributed by atoms with Gasteiger partial charge in [0.15, 0.2) is 0 Å². The number of allylic oxidation sites excluding steroid dienone is 1. The number of rotatable bonds is 14. The van der Waals surface area contributed by atoms with Crippen molar-refractivity contribution in [2.45, 2.75) is 90.7 Å². The van der Waals surface area contributed by atoms with E-state index in [0.29, 0.717) is 6.54 Å². The molecule has 5 heteroatoms. The normalized spacial score (nSPS) is 15.4. The largest absolute Gasteiger partial charge is 0.481 e. The van der Waals surface area contributed by atoms with E-state index in [2.05, 4.69) is 24.8 Å². The van der Waals surface area contributed by atoms with Crippen LogP contribution in [-0.4, -0.2) is 45.3 Å². The van der Waals surface area contributed by atoms with Crippen molar-refractivity contribution in [3.63, 3.8) is 0 Å². The molecule has 2 atom stereocenters. The third kappa shape index (κ3) is 11.6. The Bertz CT molecular complexity index is 404. The van der Waals surface area contributed by atoms with E-state index in [-0.39, 0.29) is 17.2 Å². The van der Waals surface area contributed by atoms with Gasteiger partial charge in [-0.3, -0.25) is 9.69 Å². The van der Waals surface area contributed by atoms with Crippen molar-refractivity contribution in [1.82, 2.24) is 4.90 Å². The van der Waals surface area contributed by atoms with Crippen LogP contribution < -0.4 is 0 Å². The SMILES string of the molecule is C/C=C(\C)C(CCCCCCC(=O)O)C(O)N(CCC)CC(C)(C)Cl. The van der Waals surface area contributed by atoms with Crippen molar-refractivity contribution in [3.05, 3.63) is 11.6 Å². The quantitative estimate of drug-likeness (QED) is 0.193. The molecule has 0 fully saturated rings. The molecule has 25 heavy (non-hydrogen) atoms. The van der Waals surface area contributed by atoms with Crippen molar-refractivity contribution in [2.75, 3.05) is 13.1 Å². The van der Waals surface area contributed by atoms with Crippen LogP contribution in [0.5, 0.6) is 0 Å². The third-order valence-electron chi connectivity index (χ3n) is 4.52. The second-order valence-corrected chi connectivity index (χ2v) is 8.61. The fourth-order valence-corrected chi connectivity index (χ4v) is 3.30. The molecule has 2 unspecified atom stereocenters. The summed E-state index contributed by atoms with van der Waals surface area (Å²) in [7, 11) is 0. The Morgan fingerprint density at radius 3 is 2.32 bits per heavy atom. The van der Waals surface area contributed by atoms with Gasteiger partial charge in [-0.1, -0.05) is 37.8 Å². The lowest BCUT2D eigenvalue weighted by Gasteiger charge is -2.37. The second-order valence-electron chi connectivity index (χ2n) is 7.59. The standard InChI is InChI=1S/C20H38ClNO3/c1-6-14-22(15-20(4,5)21)19(25)17(16(3)7-2)12-10-8-9-11-13-18(23)24/h7,17,19,25H,6,8-15H2,1-5H3,(H,23,24)/b16-7+. The molecule has 0 aromatic carbocycles. The van der Waals surface area contributed by atoms with Crippen LogP contribution in [0.2, 0.25) is 0 Å². The minimum atomic E-state index is -0.725. The highest BCUT2D eigenvalue weighted by Crippen LogP contribution is 2.27. The van der Waals surface area contributed by atoms with Crippen molar-refractivity contribution in [3.8, 4) is 0 Å². The van der Waals surface area contributed by atoms with Crippen LogP contribution in [0.15, 0.2) is 11.6 Å². The van der Waals surface area contributed by atoms with E-state index >= 15 is 0 Å². The zero-order valence-corrected chi connectivity index (χ0v) is 17.5. The Morgan fingerprint density at radius 1 is 1.24 bits per heavy atom. The highest BCUT2D eigenvalue weighted by molar-refractivity contribution is 6.23. The Hall–Kier alpha value is -0.580. The average Bonchev–Trinajstić information content (AvgIpc) is 2.51. The Morgan fingerprint density at radius 2 is 1.84 bits per heavy atom. The lowest BCUT2D eigenvalue weighted by Crippen LogP contribution is -2.46. The summed E-state index contributed by atoms with van der Waals surface area (Å²) in [5.74, 6) is -0.632. The van der Waals surface area contributed by atoms with E-state index in [4.69, 9.17) is 16.7 Å². The Balaban J connectivity index is 4.73. The number of hydrogen-bond donors (Lipinski definition) is 2. The molecule has 0 radical (unpaired) electrons. The molecule has 0 saturated carbocycles. The zero-order chi connectivity index (χ0) is 19.5. The van der Waals surface area contributed by atoms with Crippen LogP contribution in [0.25, 0.3) is 0 Å². The molecule has 2 N–H and O–H groups in total. The topological polar surface area (TPSA) is 60.8 Å². The molecule has 0 spiro atoms. The number of aliphatic carboxylic acids is 1. The van der Waals surface area contributed by atoms with Gasteiger partial charge < -0.3 is 10.2 Å². The summed E-state index contributed by atoms with van der Waals surface area (Å²) >= 11 is 6.40. The molecule has 0 saturated heterocycles. The van der Waals surface area contributed by atoms with E-state index < -0.39 is 12.2 Å². The predicted octanol–water partition coefficient (Wildman–Crippen LogP) is 5.04. The first-order valence-corrected chi connectivity index (χ1v) is 9.95. The highest BCUT2D eigenvalue weighted by Gasteiger charge is 2.29. The van der Waals surface area contributed by atoms with Crippen molar-refractivity contribution < 1.29 is 15.0 Å². The van der Waals surface area contributed by atoms with Gasteiger partial charge in [-0.15, -0.1) is 11.6 Å². The lowest BCUT2D eigenvalue weighted by atomic mass is 9.90. The zero-order valence-electron chi connectivity index (χ0n) is 16.7. The monoisotopic (exact) mass is 375 g/mol. The number of carbonyl (C=O) groups is 1. The molecule has 4 nitrogen and oxygen atoms in total. The van der Waals surface area contributed by atoms with Crippen LogP contribution in [0.1, 0.15) is 79.6 Å². The van der Waals surface area contributed by atoms with Crippen molar-refractivity contribution in [2.24, 2.45) is 5.92 Å². The predicted molar refractivity (Wildman–Crippen MR) is 106 cm³/mol. The lowest BCUT2D eigenvalue weighted by molar-refractivity contribution is -0.137. The smallest absolute Gasteiger partial charge is 0.303 e. The van der Waals surface area contributed by atoms with Crippen LogP contribution in [-0.2, 0) is 4.79 Å². The molecular weight excluding hydrogens is 338 g/mol. The molecule has 0 aromatic heterocycles. The molecule has 0 rings (SSSR count). The number of nitrogens with zero attached hydrogens (tertiary/aromatic N) is 1. The number of hydrogen-bond acceptors (Lipinski definition) is 3.